The van der Waals surface area contributed by atoms with Crippen LogP contribution in [0, 0.1) is 0 Å². The van der Waals surface area contributed by atoms with Gasteiger partial charge in [0.1, 0.15) is 0 Å². The molecule has 0 rings (SSSR count). The van der Waals surface area contributed by atoms with Crippen molar-refractivity contribution in [1.82, 2.24) is 0 Å². The van der Waals surface area contributed by atoms with Crippen LogP contribution in [0.5, 0.6) is 0 Å². The van der Waals surface area contributed by atoms with Crippen molar-refractivity contribution in [2.75, 3.05) is 6.61 Å². The van der Waals surface area contributed by atoms with Gasteiger partial charge in [0.2, 0.25) is 0 Å². The first-order chi connectivity index (χ1) is 4.88. The maximum absolute atomic E-state index is 11.6. The minimum atomic E-state index is -4.74. The van der Waals surface area contributed by atoms with Gasteiger partial charge < -0.3 is 9.66 Å². The van der Waals surface area contributed by atoms with Gasteiger partial charge in [0, 0.05) is 5.41 Å². The lowest BCUT2D eigenvalue weighted by molar-refractivity contribution is -0.0973. The molecule has 0 fully saturated rings. The number of alkyl halides is 3. The fourth-order valence-electron chi connectivity index (χ4n) is 0.315. The molecule has 0 heterocycles. The van der Waals surface area contributed by atoms with E-state index >= 15 is 0 Å². The van der Waals surface area contributed by atoms with Crippen LogP contribution in [0.4, 0.5) is 13.2 Å². The van der Waals surface area contributed by atoms with Crippen molar-refractivity contribution in [3.8, 4) is 0 Å². The summed E-state index contributed by atoms with van der Waals surface area (Å²) in [7, 11) is 0. The molecule has 0 bridgehead atoms. The van der Waals surface area contributed by atoms with E-state index in [1.165, 1.54) is 0 Å². The second-order valence-electron chi connectivity index (χ2n) is 1.58. The summed E-state index contributed by atoms with van der Waals surface area (Å²) < 4.78 is 52.7. The summed E-state index contributed by atoms with van der Waals surface area (Å²) in [6.45, 7) is -1.30. The maximum Gasteiger partial charge on any atom is 0.415 e. The summed E-state index contributed by atoms with van der Waals surface area (Å²) in [4.78, 5) is 0. The van der Waals surface area contributed by atoms with Crippen molar-refractivity contribution >= 4 is 11.1 Å². The molecule has 0 radical (unpaired) electrons. The molecule has 2 N–H and O–H groups in total. The van der Waals surface area contributed by atoms with Gasteiger partial charge in [-0.1, -0.05) is 0 Å². The largest absolute Gasteiger partial charge is 0.415 e. The van der Waals surface area contributed by atoms with Crippen molar-refractivity contribution < 1.29 is 27.0 Å². The number of aliphatic hydroxyl groups is 1. The van der Waals surface area contributed by atoms with Crippen LogP contribution in [0.15, 0.2) is 11.0 Å². The molecule has 0 aromatic carbocycles. The molecule has 0 spiro atoms. The first kappa shape index (κ1) is 10.6. The molecule has 0 aliphatic carbocycles. The van der Waals surface area contributed by atoms with Crippen molar-refractivity contribution in [2.24, 2.45) is 0 Å². The summed E-state index contributed by atoms with van der Waals surface area (Å²) in [5.41, 5.74) is -1.42. The van der Waals surface area contributed by atoms with Gasteiger partial charge in [-0.15, -0.1) is 0 Å². The zero-order chi connectivity index (χ0) is 9.07. The predicted molar refractivity (Wildman–Crippen MR) is 32.0 cm³/mol. The van der Waals surface area contributed by atoms with Crippen molar-refractivity contribution in [1.29, 1.82) is 0 Å². The number of rotatable bonds is 2. The lowest BCUT2D eigenvalue weighted by Crippen LogP contribution is -2.15. The van der Waals surface area contributed by atoms with Gasteiger partial charge in [-0.25, -0.2) is 4.21 Å². The predicted octanol–water partition coefficient (Wildman–Crippen LogP) is 0.647. The third-order valence-electron chi connectivity index (χ3n) is 0.778. The fourth-order valence-corrected chi connectivity index (χ4v) is 0.767. The Balaban J connectivity index is 4.54. The number of hydrogen-bond donors (Lipinski definition) is 2. The van der Waals surface area contributed by atoms with Gasteiger partial charge >= 0.3 is 6.18 Å². The van der Waals surface area contributed by atoms with E-state index in [1.54, 1.807) is 0 Å². The van der Waals surface area contributed by atoms with Crippen molar-refractivity contribution in [2.45, 2.75) is 6.18 Å². The van der Waals surface area contributed by atoms with E-state index in [9.17, 15) is 17.4 Å². The minimum Gasteiger partial charge on any atom is -0.392 e. The van der Waals surface area contributed by atoms with Crippen LogP contribution < -0.4 is 0 Å². The van der Waals surface area contributed by atoms with E-state index in [1.807, 2.05) is 0 Å². The lowest BCUT2D eigenvalue weighted by Gasteiger charge is -2.06. The highest BCUT2D eigenvalue weighted by atomic mass is 32.2. The number of aliphatic hydroxyl groups excluding tert-OH is 1. The minimum absolute atomic E-state index is 0.0417. The molecule has 0 aromatic rings. The first-order valence-corrected chi connectivity index (χ1v) is 3.53. The zero-order valence-electron chi connectivity index (χ0n) is 5.13. The number of halogens is 3. The molecule has 0 aromatic heterocycles. The van der Waals surface area contributed by atoms with Crippen molar-refractivity contribution in [3.05, 3.63) is 11.0 Å². The fraction of sp³-hybridized carbons (Fsp3) is 0.500. The Morgan fingerprint density at radius 2 is 2.00 bits per heavy atom. The summed E-state index contributed by atoms with van der Waals surface area (Å²) in [5, 5.41) is 8.12. The molecule has 0 saturated carbocycles. The highest BCUT2D eigenvalue weighted by Crippen LogP contribution is 2.24. The van der Waals surface area contributed by atoms with Crippen molar-refractivity contribution in [3.63, 3.8) is 0 Å². The Morgan fingerprint density at radius 3 is 2.09 bits per heavy atom. The molecular formula is C4H5F3O3S. The summed E-state index contributed by atoms with van der Waals surface area (Å²) in [6.07, 6.45) is -4.74. The third-order valence-corrected chi connectivity index (χ3v) is 1.26. The van der Waals surface area contributed by atoms with Crippen LogP contribution in [0.1, 0.15) is 0 Å². The molecule has 1 unspecified atom stereocenters. The van der Waals surface area contributed by atoms with E-state index in [4.69, 9.17) is 9.66 Å². The van der Waals surface area contributed by atoms with E-state index in [0.29, 0.717) is 0 Å². The van der Waals surface area contributed by atoms with E-state index in [0.717, 1.165) is 0 Å². The van der Waals surface area contributed by atoms with Crippen LogP contribution in [-0.4, -0.2) is 26.7 Å². The molecule has 0 amide bonds. The molecule has 66 valence electrons. The van der Waals surface area contributed by atoms with Crippen LogP contribution in [0.3, 0.4) is 0 Å². The maximum atomic E-state index is 11.6. The molecule has 11 heavy (non-hydrogen) atoms. The summed E-state index contributed by atoms with van der Waals surface area (Å²) in [6, 6.07) is 0. The second kappa shape index (κ2) is 3.84. The van der Waals surface area contributed by atoms with E-state index < -0.39 is 29.4 Å². The van der Waals surface area contributed by atoms with E-state index in [2.05, 4.69) is 0 Å². The van der Waals surface area contributed by atoms with Gasteiger partial charge in [0.25, 0.3) is 0 Å². The third kappa shape index (κ3) is 4.12. The Bertz CT molecular complexity index is 186. The van der Waals surface area contributed by atoms with Crippen LogP contribution in [-0.2, 0) is 11.1 Å². The molecular weight excluding hydrogens is 185 g/mol. The Labute approximate surface area is 62.8 Å². The average molecular weight is 190 g/mol. The highest BCUT2D eigenvalue weighted by molar-refractivity contribution is 7.82. The zero-order valence-corrected chi connectivity index (χ0v) is 5.95. The van der Waals surface area contributed by atoms with Gasteiger partial charge in [-0.05, 0) is 0 Å². The monoisotopic (exact) mass is 190 g/mol. The molecule has 0 aliphatic heterocycles. The summed E-state index contributed by atoms with van der Waals surface area (Å²) in [5.74, 6) is 0. The van der Waals surface area contributed by atoms with Gasteiger partial charge in [0.15, 0.2) is 11.1 Å². The Hall–Kier alpha value is -0.400. The van der Waals surface area contributed by atoms with Gasteiger partial charge in [-0.2, -0.15) is 13.2 Å². The molecule has 3 nitrogen and oxygen atoms in total. The molecule has 0 saturated heterocycles. The van der Waals surface area contributed by atoms with Crippen LogP contribution in [0.25, 0.3) is 0 Å². The van der Waals surface area contributed by atoms with Crippen LogP contribution >= 0.6 is 0 Å². The lowest BCUT2D eigenvalue weighted by atomic mass is 10.3. The Kier molecular flexibility index (Phi) is 3.70. The van der Waals surface area contributed by atoms with Gasteiger partial charge in [0.05, 0.1) is 12.2 Å². The first-order valence-electron chi connectivity index (χ1n) is 2.36. The standard InChI is InChI=1S/C4H5F3O3S/c5-4(6,7)3(1-8)2-11(9)10/h2,8H,1H2,(H,9,10)/b3-2+. The molecule has 1 atom stereocenters. The molecule has 0 aliphatic rings. The highest BCUT2D eigenvalue weighted by Gasteiger charge is 2.33. The quantitative estimate of drug-likeness (QED) is 0.628. The number of hydrogen-bond acceptors (Lipinski definition) is 2. The smallest absolute Gasteiger partial charge is 0.392 e. The van der Waals surface area contributed by atoms with E-state index in [-0.39, 0.29) is 5.41 Å². The summed E-state index contributed by atoms with van der Waals surface area (Å²) >= 11 is -2.68. The van der Waals surface area contributed by atoms with Crippen LogP contribution in [0.2, 0.25) is 0 Å². The van der Waals surface area contributed by atoms with Gasteiger partial charge in [-0.3, -0.25) is 0 Å². The SMILES string of the molecule is O=S(O)/C=C(\CO)C(F)(F)F. The topological polar surface area (TPSA) is 57.5 Å². The Morgan fingerprint density at radius 1 is 1.55 bits per heavy atom. The average Bonchev–Trinajstić information content (AvgIpc) is 1.79. The second-order valence-corrected chi connectivity index (χ2v) is 2.36. The molecule has 7 heteroatoms. The normalized spacial score (nSPS) is 16.6.